The van der Waals surface area contributed by atoms with Gasteiger partial charge in [0.2, 0.25) is 11.8 Å². The number of ether oxygens (including phenoxy) is 2. The summed E-state index contributed by atoms with van der Waals surface area (Å²) in [6.45, 7) is -1.08. The quantitative estimate of drug-likeness (QED) is 0.257. The van der Waals surface area contributed by atoms with Crippen molar-refractivity contribution in [2.24, 2.45) is 11.8 Å². The summed E-state index contributed by atoms with van der Waals surface area (Å²) in [7, 11) is 0. The Morgan fingerprint density at radius 2 is 1.12 bits per heavy atom. The van der Waals surface area contributed by atoms with Gasteiger partial charge in [-0.2, -0.15) is 0 Å². The predicted molar refractivity (Wildman–Crippen MR) is 153 cm³/mol. The van der Waals surface area contributed by atoms with Crippen molar-refractivity contribution in [2.45, 2.75) is 11.8 Å². The van der Waals surface area contributed by atoms with E-state index in [1.54, 1.807) is 24.3 Å². The molecular formula is C34H26N2O6. The Balaban J connectivity index is 0.986. The van der Waals surface area contributed by atoms with Crippen LogP contribution in [0.5, 0.6) is 11.5 Å². The van der Waals surface area contributed by atoms with Crippen LogP contribution < -0.4 is 10.1 Å². The summed E-state index contributed by atoms with van der Waals surface area (Å²) in [5, 5.41) is 2.66. The highest BCUT2D eigenvalue weighted by molar-refractivity contribution is 6.09. The molecule has 0 unspecified atom stereocenters. The molecule has 1 aliphatic heterocycles. The van der Waals surface area contributed by atoms with E-state index >= 15 is 0 Å². The second kappa shape index (κ2) is 10.3. The zero-order valence-electron chi connectivity index (χ0n) is 22.4. The number of para-hydroxylation sites is 1. The van der Waals surface area contributed by atoms with Crippen LogP contribution in [0, 0.1) is 11.8 Å². The molecule has 8 rings (SSSR count). The number of carbonyl (C=O) groups excluding carboxylic acids is 4. The third kappa shape index (κ3) is 4.32. The molecule has 1 N–H and O–H groups in total. The van der Waals surface area contributed by atoms with E-state index in [2.05, 4.69) is 5.32 Å². The van der Waals surface area contributed by atoms with Crippen LogP contribution in [0.3, 0.4) is 0 Å². The van der Waals surface area contributed by atoms with E-state index in [1.807, 2.05) is 78.9 Å². The molecule has 0 spiro atoms. The van der Waals surface area contributed by atoms with E-state index in [1.165, 1.54) is 0 Å². The maximum atomic E-state index is 13.6. The zero-order chi connectivity index (χ0) is 28.8. The van der Waals surface area contributed by atoms with Crippen LogP contribution in [0.15, 0.2) is 103 Å². The summed E-state index contributed by atoms with van der Waals surface area (Å²) in [5.41, 5.74) is 4.74. The standard InChI is InChI=1S/C34H26N2O6/c37-27(35-20-14-16-22(17-15-20)42-21-8-2-1-3-9-21)19-41-28(38)18-36-33(39)31-29-23-10-4-5-11-24(23)30(32(31)34(36)40)26-13-7-6-12-25(26)29/h1-17,29-32H,18-19H2,(H,35,37)/t29?,30?,31-,32+. The van der Waals surface area contributed by atoms with Crippen LogP contribution in [-0.4, -0.2) is 41.7 Å². The van der Waals surface area contributed by atoms with Gasteiger partial charge in [-0.25, -0.2) is 0 Å². The molecule has 0 aromatic heterocycles. The molecule has 0 radical (unpaired) electrons. The van der Waals surface area contributed by atoms with Crippen LogP contribution in [0.4, 0.5) is 5.69 Å². The molecule has 0 saturated carbocycles. The molecule has 208 valence electrons. The number of amides is 3. The minimum absolute atomic E-state index is 0.250. The smallest absolute Gasteiger partial charge is 0.326 e. The summed E-state index contributed by atoms with van der Waals surface area (Å²) < 4.78 is 10.9. The average Bonchev–Trinajstić information content (AvgIpc) is 3.27. The molecule has 4 aromatic carbocycles. The fraction of sp³-hybridized carbons (Fsp3) is 0.176. The number of benzene rings is 4. The van der Waals surface area contributed by atoms with Crippen molar-refractivity contribution in [1.29, 1.82) is 0 Å². The van der Waals surface area contributed by atoms with Gasteiger partial charge in [-0.15, -0.1) is 0 Å². The lowest BCUT2D eigenvalue weighted by atomic mass is 9.55. The monoisotopic (exact) mass is 558 g/mol. The van der Waals surface area contributed by atoms with Gasteiger partial charge in [0.15, 0.2) is 6.61 Å². The first-order valence-corrected chi connectivity index (χ1v) is 13.8. The second-order valence-electron chi connectivity index (χ2n) is 10.7. The Kier molecular flexibility index (Phi) is 6.31. The molecule has 2 atom stereocenters. The highest BCUT2D eigenvalue weighted by Gasteiger charge is 2.61. The summed E-state index contributed by atoms with van der Waals surface area (Å²) in [6, 6.07) is 32.0. The number of imide groups is 1. The van der Waals surface area contributed by atoms with Gasteiger partial charge in [-0.05, 0) is 58.7 Å². The van der Waals surface area contributed by atoms with Gasteiger partial charge in [0.05, 0.1) is 11.8 Å². The molecule has 4 aromatic rings. The van der Waals surface area contributed by atoms with E-state index in [0.29, 0.717) is 17.2 Å². The number of nitrogens with one attached hydrogen (secondary N) is 1. The van der Waals surface area contributed by atoms with Crippen LogP contribution in [0.2, 0.25) is 0 Å². The van der Waals surface area contributed by atoms with Gasteiger partial charge in [-0.3, -0.25) is 24.1 Å². The topological polar surface area (TPSA) is 102 Å². The summed E-state index contributed by atoms with van der Waals surface area (Å²) in [6.07, 6.45) is 0. The highest BCUT2D eigenvalue weighted by Crippen LogP contribution is 2.60. The minimum Gasteiger partial charge on any atom is -0.457 e. The normalized spacial score (nSPS) is 21.3. The number of hydrogen-bond donors (Lipinski definition) is 1. The van der Waals surface area contributed by atoms with Gasteiger partial charge < -0.3 is 14.8 Å². The lowest BCUT2D eigenvalue weighted by Gasteiger charge is -2.45. The summed E-state index contributed by atoms with van der Waals surface area (Å²) >= 11 is 0. The Bertz CT molecular complexity index is 1600. The number of nitrogens with zero attached hydrogens (tertiary/aromatic N) is 1. The number of anilines is 1. The third-order valence-electron chi connectivity index (χ3n) is 8.31. The molecule has 8 nitrogen and oxygen atoms in total. The molecule has 2 bridgehead atoms. The number of esters is 1. The van der Waals surface area contributed by atoms with E-state index in [9.17, 15) is 19.2 Å². The van der Waals surface area contributed by atoms with E-state index < -0.39 is 36.9 Å². The van der Waals surface area contributed by atoms with Crippen molar-refractivity contribution in [1.82, 2.24) is 4.90 Å². The molecule has 3 amide bonds. The van der Waals surface area contributed by atoms with E-state index in [4.69, 9.17) is 9.47 Å². The maximum Gasteiger partial charge on any atom is 0.326 e. The van der Waals surface area contributed by atoms with Crippen LogP contribution in [0.25, 0.3) is 0 Å². The zero-order valence-corrected chi connectivity index (χ0v) is 22.4. The van der Waals surface area contributed by atoms with Crippen molar-refractivity contribution >= 4 is 29.4 Å². The molecule has 3 aliphatic carbocycles. The number of rotatable bonds is 7. The first-order chi connectivity index (χ1) is 20.5. The maximum absolute atomic E-state index is 13.6. The number of hydrogen-bond acceptors (Lipinski definition) is 6. The Labute approximate surface area is 241 Å². The van der Waals surface area contributed by atoms with Crippen molar-refractivity contribution in [2.75, 3.05) is 18.5 Å². The van der Waals surface area contributed by atoms with Crippen LogP contribution in [0.1, 0.15) is 34.1 Å². The average molecular weight is 559 g/mol. The molecule has 1 saturated heterocycles. The SMILES string of the molecule is O=C(COC(=O)CN1C(=O)[C@@H]2C3c4ccccc4C(c4ccccc43)[C@@H]2C1=O)Nc1ccc(Oc2ccccc2)cc1. The van der Waals surface area contributed by atoms with Crippen molar-refractivity contribution in [3.05, 3.63) is 125 Å². The van der Waals surface area contributed by atoms with Gasteiger partial charge in [0, 0.05) is 17.5 Å². The fourth-order valence-electron chi connectivity index (χ4n) is 6.64. The Hall–Kier alpha value is -5.24. The van der Waals surface area contributed by atoms with Gasteiger partial charge in [0.25, 0.3) is 5.91 Å². The lowest BCUT2D eigenvalue weighted by molar-refractivity contribution is -0.154. The van der Waals surface area contributed by atoms with Gasteiger partial charge >= 0.3 is 5.97 Å². The van der Waals surface area contributed by atoms with Crippen LogP contribution in [-0.2, 0) is 23.9 Å². The van der Waals surface area contributed by atoms with Crippen molar-refractivity contribution < 1.29 is 28.7 Å². The molecule has 4 aliphatic rings. The predicted octanol–water partition coefficient (Wildman–Crippen LogP) is 4.85. The molecule has 1 fully saturated rings. The second-order valence-corrected chi connectivity index (χ2v) is 10.7. The molecule has 8 heteroatoms. The minimum atomic E-state index is -0.820. The molecule has 1 heterocycles. The number of carbonyl (C=O) groups is 4. The Morgan fingerprint density at radius 3 is 1.64 bits per heavy atom. The van der Waals surface area contributed by atoms with E-state index in [0.717, 1.165) is 27.2 Å². The Morgan fingerprint density at radius 1 is 0.643 bits per heavy atom. The summed E-state index contributed by atoms with van der Waals surface area (Å²) in [5.74, 6) is -2.46. The van der Waals surface area contributed by atoms with Crippen molar-refractivity contribution in [3.8, 4) is 11.5 Å². The third-order valence-corrected chi connectivity index (χ3v) is 8.31. The number of likely N-dealkylation sites (tertiary alicyclic amines) is 1. The molecule has 42 heavy (non-hydrogen) atoms. The van der Waals surface area contributed by atoms with Gasteiger partial charge in [-0.1, -0.05) is 66.7 Å². The first-order valence-electron chi connectivity index (χ1n) is 13.8. The van der Waals surface area contributed by atoms with Crippen LogP contribution >= 0.6 is 0 Å². The highest BCUT2D eigenvalue weighted by atomic mass is 16.5. The molecular weight excluding hydrogens is 532 g/mol. The summed E-state index contributed by atoms with van der Waals surface area (Å²) in [4.78, 5) is 53.4. The first kappa shape index (κ1) is 25.7. The van der Waals surface area contributed by atoms with E-state index in [-0.39, 0.29) is 23.7 Å². The largest absolute Gasteiger partial charge is 0.457 e. The van der Waals surface area contributed by atoms with Crippen molar-refractivity contribution in [3.63, 3.8) is 0 Å². The lowest BCUT2D eigenvalue weighted by Crippen LogP contribution is -2.41. The van der Waals surface area contributed by atoms with Gasteiger partial charge in [0.1, 0.15) is 18.0 Å². The fourth-order valence-corrected chi connectivity index (χ4v) is 6.64.